The van der Waals surface area contributed by atoms with Crippen molar-refractivity contribution >= 4 is 52.6 Å². The number of sulfone groups is 2. The van der Waals surface area contributed by atoms with Crippen molar-refractivity contribution in [2.75, 3.05) is 26.4 Å². The summed E-state index contributed by atoms with van der Waals surface area (Å²) in [4.78, 5) is 21.2. The number of fused-ring (bicyclic) bond motifs is 2. The second kappa shape index (κ2) is 19.0. The maximum absolute atomic E-state index is 13.4. The maximum atomic E-state index is 13.4. The van der Waals surface area contributed by atoms with Gasteiger partial charge in [-0.25, -0.2) is 21.2 Å². The second-order valence-corrected chi connectivity index (χ2v) is 15.5. The van der Waals surface area contributed by atoms with Crippen LogP contribution >= 0.6 is 0 Å². The largest absolute Gasteiger partial charge is 0.491 e. The van der Waals surface area contributed by atoms with Crippen molar-refractivity contribution in [3.63, 3.8) is 0 Å². The van der Waals surface area contributed by atoms with Crippen LogP contribution in [-0.2, 0) is 31.2 Å². The molecule has 288 valence electrons. The zero-order valence-corrected chi connectivity index (χ0v) is 30.5. The van der Waals surface area contributed by atoms with Crippen LogP contribution in [0.1, 0.15) is 11.1 Å². The number of nitro benzene ring substituents is 2. The molecule has 6 rings (SSSR count). The highest BCUT2D eigenvalue weighted by Crippen LogP contribution is 2.32. The number of ether oxygens (including phenoxy) is 1. The monoisotopic (exact) mass is 794 g/mol. The Kier molecular flexibility index (Phi) is 14.4. The number of aliphatic hydroxyl groups excluding tert-OH is 3. The van der Waals surface area contributed by atoms with Crippen LogP contribution in [-0.4, -0.2) is 68.4 Å². The number of hydrogen-bond acceptors (Lipinski definition) is 12. The van der Waals surface area contributed by atoms with Crippen molar-refractivity contribution in [3.05, 3.63) is 159 Å². The quantitative estimate of drug-likeness (QED) is 0.0969. The first kappa shape index (κ1) is 41.9. The van der Waals surface area contributed by atoms with E-state index in [0.717, 1.165) is 29.0 Å². The SMILES string of the molecule is O=[N+]([O-])c1ccc(F)cc1CS(=O)(=O)c1cccc2ccccc12.O=[N+]([O-])c1ccc(OCCO)cc1CS(=O)(=O)c1cccc2ccccc12.OCCO. The molecule has 0 aromatic heterocycles. The molecule has 6 aromatic rings. The minimum absolute atomic E-state index is 0.00727. The van der Waals surface area contributed by atoms with Gasteiger partial charge in [0.15, 0.2) is 19.7 Å². The van der Waals surface area contributed by atoms with Gasteiger partial charge in [-0.15, -0.1) is 0 Å². The first-order valence-electron chi connectivity index (χ1n) is 16.3. The van der Waals surface area contributed by atoms with E-state index >= 15 is 0 Å². The third-order valence-electron chi connectivity index (χ3n) is 7.81. The fraction of sp³-hybridized carbons (Fsp3) is 0.158. The molecule has 6 aromatic carbocycles. The van der Waals surface area contributed by atoms with Gasteiger partial charge in [0.05, 0.1) is 51.0 Å². The van der Waals surface area contributed by atoms with E-state index in [-0.39, 0.29) is 58.8 Å². The Morgan fingerprint density at radius 2 is 1.00 bits per heavy atom. The smallest absolute Gasteiger partial charge is 0.273 e. The molecule has 0 spiro atoms. The lowest BCUT2D eigenvalue weighted by Gasteiger charge is -2.10. The van der Waals surface area contributed by atoms with Crippen molar-refractivity contribution in [1.82, 2.24) is 0 Å². The molecule has 0 bridgehead atoms. The molecule has 14 nitrogen and oxygen atoms in total. The summed E-state index contributed by atoms with van der Waals surface area (Å²) in [5.74, 6) is -1.63. The molecule has 3 N–H and O–H groups in total. The summed E-state index contributed by atoms with van der Waals surface area (Å²) in [5, 5.41) is 49.1. The highest BCUT2D eigenvalue weighted by Gasteiger charge is 2.25. The molecule has 17 heteroatoms. The van der Waals surface area contributed by atoms with Gasteiger partial charge in [-0.2, -0.15) is 0 Å². The number of benzene rings is 6. The molecule has 0 saturated heterocycles. The third kappa shape index (κ3) is 10.9. The first-order chi connectivity index (χ1) is 26.2. The van der Waals surface area contributed by atoms with Crippen LogP contribution in [0.2, 0.25) is 0 Å². The predicted molar refractivity (Wildman–Crippen MR) is 203 cm³/mol. The standard InChI is InChI=1S/C19H17NO6S.C17H12FNO4S.C2H6O2/c21-10-11-26-16-8-9-18(20(22)23)15(12-16)13-27(24,25)19-7-3-5-14-4-1-2-6-17(14)19;18-14-8-9-16(19(20)21)13(10-14)11-24(22,23)17-7-3-5-12-4-1-2-6-15(12)17;3-1-2-4/h1-9,12,21H,10-11,13H2;1-10H,11H2;3-4H,1-2H2. The van der Waals surface area contributed by atoms with Gasteiger partial charge >= 0.3 is 0 Å². The fourth-order valence-corrected chi connectivity index (χ4v) is 8.66. The Bertz CT molecular complexity index is 2520. The molecule has 0 unspecified atom stereocenters. The fourth-order valence-electron chi connectivity index (χ4n) is 5.46. The van der Waals surface area contributed by atoms with Crippen molar-refractivity contribution in [2.24, 2.45) is 0 Å². The molecule has 55 heavy (non-hydrogen) atoms. The first-order valence-corrected chi connectivity index (χ1v) is 19.6. The van der Waals surface area contributed by atoms with E-state index in [4.69, 9.17) is 20.1 Å². The Hall–Kier alpha value is -5.85. The summed E-state index contributed by atoms with van der Waals surface area (Å²) in [6.45, 7) is -0.464. The number of hydrogen-bond donors (Lipinski definition) is 3. The van der Waals surface area contributed by atoms with Crippen LogP contribution in [0.25, 0.3) is 21.5 Å². The van der Waals surface area contributed by atoms with Gasteiger partial charge in [0, 0.05) is 34.0 Å². The Morgan fingerprint density at radius 3 is 1.45 bits per heavy atom. The van der Waals surface area contributed by atoms with Gasteiger partial charge in [-0.3, -0.25) is 20.2 Å². The summed E-state index contributed by atoms with van der Waals surface area (Å²) in [6.07, 6.45) is 0. The van der Waals surface area contributed by atoms with Gasteiger partial charge in [0.1, 0.15) is 18.2 Å². The molecule has 0 saturated carbocycles. The highest BCUT2D eigenvalue weighted by molar-refractivity contribution is 7.91. The predicted octanol–water partition coefficient (Wildman–Crippen LogP) is 5.93. The van der Waals surface area contributed by atoms with Gasteiger partial charge in [0.2, 0.25) is 0 Å². The zero-order valence-electron chi connectivity index (χ0n) is 28.9. The number of halogens is 1. The van der Waals surface area contributed by atoms with Crippen molar-refractivity contribution < 1.29 is 51.1 Å². The molecular formula is C38H35FN2O12S2. The topological polar surface area (TPSA) is 224 Å². The average molecular weight is 795 g/mol. The number of nitro groups is 2. The van der Waals surface area contributed by atoms with Crippen molar-refractivity contribution in [2.45, 2.75) is 21.3 Å². The third-order valence-corrected chi connectivity index (χ3v) is 11.2. The highest BCUT2D eigenvalue weighted by atomic mass is 32.2. The van der Waals surface area contributed by atoms with Gasteiger partial charge in [-0.1, -0.05) is 72.8 Å². The summed E-state index contributed by atoms with van der Waals surface area (Å²) in [6, 6.07) is 30.5. The summed E-state index contributed by atoms with van der Waals surface area (Å²) >= 11 is 0. The minimum atomic E-state index is -3.88. The van der Waals surface area contributed by atoms with Crippen LogP contribution in [0.3, 0.4) is 0 Å². The van der Waals surface area contributed by atoms with Crippen LogP contribution in [0.4, 0.5) is 15.8 Å². The minimum Gasteiger partial charge on any atom is -0.491 e. The van der Waals surface area contributed by atoms with Crippen LogP contribution in [0.15, 0.2) is 131 Å². The molecule has 0 fully saturated rings. The Labute approximate surface area is 314 Å². The van der Waals surface area contributed by atoms with Gasteiger partial charge < -0.3 is 20.1 Å². The summed E-state index contributed by atoms with van der Waals surface area (Å²) in [5.41, 5.74) is -0.855. The number of aliphatic hydroxyl groups is 3. The van der Waals surface area contributed by atoms with Gasteiger partial charge in [-0.05, 0) is 47.2 Å². The lowest BCUT2D eigenvalue weighted by Crippen LogP contribution is -2.09. The van der Waals surface area contributed by atoms with E-state index in [1.54, 1.807) is 66.7 Å². The molecule has 0 aliphatic heterocycles. The molecule has 0 aliphatic rings. The molecule has 0 atom stereocenters. The number of nitrogens with zero attached hydrogens (tertiary/aromatic N) is 2. The molecule has 0 aliphatic carbocycles. The Balaban J connectivity index is 0.000000224. The summed E-state index contributed by atoms with van der Waals surface area (Å²) in [7, 11) is -7.73. The molecule has 0 amide bonds. The van der Waals surface area contributed by atoms with Crippen LogP contribution in [0, 0.1) is 26.0 Å². The molecule has 0 heterocycles. The van der Waals surface area contributed by atoms with E-state index in [1.165, 1.54) is 30.3 Å². The van der Waals surface area contributed by atoms with E-state index in [0.29, 0.717) is 10.8 Å². The van der Waals surface area contributed by atoms with E-state index < -0.39 is 52.5 Å². The Morgan fingerprint density at radius 1 is 0.564 bits per heavy atom. The normalized spacial score (nSPS) is 11.2. The van der Waals surface area contributed by atoms with Crippen LogP contribution < -0.4 is 4.74 Å². The number of rotatable bonds is 12. The lowest BCUT2D eigenvalue weighted by atomic mass is 10.1. The van der Waals surface area contributed by atoms with Crippen molar-refractivity contribution in [3.8, 4) is 5.75 Å². The van der Waals surface area contributed by atoms with Crippen LogP contribution in [0.5, 0.6) is 5.75 Å². The van der Waals surface area contributed by atoms with E-state index in [1.807, 2.05) is 6.07 Å². The summed E-state index contributed by atoms with van der Waals surface area (Å²) < 4.78 is 70.2. The lowest BCUT2D eigenvalue weighted by molar-refractivity contribution is -0.385. The second-order valence-electron chi connectivity index (χ2n) is 11.6. The molecule has 0 radical (unpaired) electrons. The van der Waals surface area contributed by atoms with E-state index in [2.05, 4.69) is 0 Å². The zero-order chi connectivity index (χ0) is 40.2. The van der Waals surface area contributed by atoms with Crippen molar-refractivity contribution in [1.29, 1.82) is 0 Å². The van der Waals surface area contributed by atoms with Gasteiger partial charge in [0.25, 0.3) is 11.4 Å². The molecular weight excluding hydrogens is 760 g/mol. The maximum Gasteiger partial charge on any atom is 0.273 e. The average Bonchev–Trinajstić information content (AvgIpc) is 3.16. The van der Waals surface area contributed by atoms with E-state index in [9.17, 15) is 41.5 Å².